The Balaban J connectivity index is 2.00. The first-order chi connectivity index (χ1) is 9.20. The third kappa shape index (κ3) is 3.41. The summed E-state index contributed by atoms with van der Waals surface area (Å²) in [5.41, 5.74) is 0.521. The maximum absolute atomic E-state index is 12.0. The number of nitrogens with zero attached hydrogens (tertiary/aromatic N) is 1. The fourth-order valence-electron chi connectivity index (χ4n) is 1.71. The van der Waals surface area contributed by atoms with E-state index in [0.717, 1.165) is 0 Å². The van der Waals surface area contributed by atoms with Gasteiger partial charge in [-0.25, -0.2) is 4.98 Å². The molecule has 7 nitrogen and oxygen atoms in total. The molecule has 0 aliphatic carbocycles. The molecule has 1 atom stereocenters. The minimum atomic E-state index is -0.451. The number of carbonyl (C=O) groups is 2. The van der Waals surface area contributed by atoms with Gasteiger partial charge in [0.05, 0.1) is 13.2 Å². The van der Waals surface area contributed by atoms with Gasteiger partial charge in [0.1, 0.15) is 11.7 Å². The molecule has 1 unspecified atom stereocenters. The average molecular weight is 264 g/mol. The third-order valence-corrected chi connectivity index (χ3v) is 2.64. The molecule has 0 aromatic carbocycles. The molecular weight excluding hydrogens is 248 g/mol. The summed E-state index contributed by atoms with van der Waals surface area (Å²) in [5.74, 6) is 0.0487. The van der Waals surface area contributed by atoms with Gasteiger partial charge in [-0.2, -0.15) is 0 Å². The second-order valence-electron chi connectivity index (χ2n) is 4.02. The van der Waals surface area contributed by atoms with Crippen LogP contribution in [0.25, 0.3) is 0 Å². The molecule has 0 bridgehead atoms. The van der Waals surface area contributed by atoms with Crippen LogP contribution in [0.3, 0.4) is 0 Å². The van der Waals surface area contributed by atoms with Crippen molar-refractivity contribution in [1.82, 2.24) is 15.6 Å². The lowest BCUT2D eigenvalue weighted by molar-refractivity contribution is -0.124. The highest BCUT2D eigenvalue weighted by molar-refractivity contribution is 5.97. The van der Waals surface area contributed by atoms with Crippen LogP contribution in [0.4, 0.5) is 5.69 Å². The normalized spacial score (nSPS) is 18.6. The van der Waals surface area contributed by atoms with E-state index in [-0.39, 0.29) is 24.9 Å². The molecule has 1 fully saturated rings. The molecule has 1 aliphatic rings. The smallest absolute Gasteiger partial charge is 0.243 e. The number of pyridine rings is 1. The summed E-state index contributed by atoms with van der Waals surface area (Å²) in [7, 11) is 0. The molecule has 19 heavy (non-hydrogen) atoms. The highest BCUT2D eigenvalue weighted by Gasteiger charge is 2.24. The van der Waals surface area contributed by atoms with Crippen molar-refractivity contribution in [2.45, 2.75) is 13.0 Å². The predicted molar refractivity (Wildman–Crippen MR) is 68.8 cm³/mol. The van der Waals surface area contributed by atoms with E-state index in [1.54, 1.807) is 18.3 Å². The zero-order valence-electron chi connectivity index (χ0n) is 10.6. The highest BCUT2D eigenvalue weighted by Crippen LogP contribution is 2.20. The minimum Gasteiger partial charge on any atom is -0.476 e. The number of ether oxygens (including phenoxy) is 1. The van der Waals surface area contributed by atoms with Gasteiger partial charge in [0, 0.05) is 12.7 Å². The third-order valence-electron chi connectivity index (χ3n) is 2.64. The van der Waals surface area contributed by atoms with Gasteiger partial charge in [-0.05, 0) is 19.1 Å². The topological polar surface area (TPSA) is 92.3 Å². The van der Waals surface area contributed by atoms with E-state index in [2.05, 4.69) is 20.9 Å². The Bertz CT molecular complexity index is 468. The largest absolute Gasteiger partial charge is 0.476 e. The van der Waals surface area contributed by atoms with Crippen molar-refractivity contribution >= 4 is 17.5 Å². The van der Waals surface area contributed by atoms with Gasteiger partial charge in [0.2, 0.25) is 17.7 Å². The van der Waals surface area contributed by atoms with E-state index >= 15 is 0 Å². The number of anilines is 1. The summed E-state index contributed by atoms with van der Waals surface area (Å²) >= 11 is 0. The second kappa shape index (κ2) is 6.14. The monoisotopic (exact) mass is 264 g/mol. The van der Waals surface area contributed by atoms with Crippen LogP contribution in [-0.2, 0) is 9.59 Å². The minimum absolute atomic E-state index is 0.111. The standard InChI is InChI=1S/C12H16N4O3/c1-2-19-12-8(4-3-5-13-12)16-11(18)9-6-15-10(17)7-14-9/h3-5,9,14H,2,6-7H2,1H3,(H,15,17)(H,16,18). The number of aromatic nitrogens is 1. The lowest BCUT2D eigenvalue weighted by Gasteiger charge is -2.23. The number of nitrogens with one attached hydrogen (secondary N) is 3. The first-order valence-electron chi connectivity index (χ1n) is 6.09. The van der Waals surface area contributed by atoms with Crippen molar-refractivity contribution in [3.8, 4) is 5.88 Å². The molecule has 7 heteroatoms. The molecule has 3 N–H and O–H groups in total. The van der Waals surface area contributed by atoms with Gasteiger partial charge in [-0.15, -0.1) is 0 Å². The predicted octanol–water partition coefficient (Wildman–Crippen LogP) is -0.493. The Labute approximate surface area is 110 Å². The summed E-state index contributed by atoms with van der Waals surface area (Å²) in [6.07, 6.45) is 1.60. The van der Waals surface area contributed by atoms with Gasteiger partial charge < -0.3 is 15.4 Å². The van der Waals surface area contributed by atoms with Gasteiger partial charge in [0.15, 0.2) is 0 Å². The Hall–Kier alpha value is -2.15. The van der Waals surface area contributed by atoms with Crippen molar-refractivity contribution in [3.05, 3.63) is 18.3 Å². The van der Waals surface area contributed by atoms with E-state index in [9.17, 15) is 9.59 Å². The zero-order valence-corrected chi connectivity index (χ0v) is 10.6. The Morgan fingerprint density at radius 2 is 2.47 bits per heavy atom. The summed E-state index contributed by atoms with van der Waals surface area (Å²) in [5, 5.41) is 8.22. The molecule has 1 aromatic heterocycles. The number of rotatable bonds is 4. The van der Waals surface area contributed by atoms with E-state index < -0.39 is 6.04 Å². The van der Waals surface area contributed by atoms with Gasteiger partial charge >= 0.3 is 0 Å². The van der Waals surface area contributed by atoms with Crippen molar-refractivity contribution in [2.75, 3.05) is 25.0 Å². The van der Waals surface area contributed by atoms with Gasteiger partial charge in [-0.3, -0.25) is 14.9 Å². The zero-order chi connectivity index (χ0) is 13.7. The first kappa shape index (κ1) is 13.3. The van der Waals surface area contributed by atoms with Crippen molar-refractivity contribution in [2.24, 2.45) is 0 Å². The van der Waals surface area contributed by atoms with E-state index in [0.29, 0.717) is 18.2 Å². The number of piperazine rings is 1. The number of amides is 2. The maximum Gasteiger partial charge on any atom is 0.243 e. The maximum atomic E-state index is 12.0. The number of hydrogen-bond acceptors (Lipinski definition) is 5. The lowest BCUT2D eigenvalue weighted by Crippen LogP contribution is -2.56. The van der Waals surface area contributed by atoms with E-state index in [4.69, 9.17) is 4.74 Å². The van der Waals surface area contributed by atoms with Crippen LogP contribution in [0.1, 0.15) is 6.92 Å². The molecular formula is C12H16N4O3. The lowest BCUT2D eigenvalue weighted by atomic mass is 10.2. The van der Waals surface area contributed by atoms with E-state index in [1.165, 1.54) is 0 Å². The summed E-state index contributed by atoms with van der Waals surface area (Å²) in [6.45, 7) is 2.73. The SMILES string of the molecule is CCOc1ncccc1NC(=O)C1CNC(=O)CN1. The number of hydrogen-bond donors (Lipinski definition) is 3. The molecule has 1 aliphatic heterocycles. The summed E-state index contributed by atoms with van der Waals surface area (Å²) in [6, 6.07) is 2.98. The Kier molecular flexibility index (Phi) is 4.30. The summed E-state index contributed by atoms with van der Waals surface area (Å²) in [4.78, 5) is 27.1. The summed E-state index contributed by atoms with van der Waals surface area (Å²) < 4.78 is 5.33. The molecule has 0 spiro atoms. The average Bonchev–Trinajstić information content (AvgIpc) is 2.42. The van der Waals surface area contributed by atoms with Crippen LogP contribution in [-0.4, -0.2) is 42.5 Å². The van der Waals surface area contributed by atoms with Crippen molar-refractivity contribution in [1.29, 1.82) is 0 Å². The molecule has 102 valence electrons. The van der Waals surface area contributed by atoms with Crippen molar-refractivity contribution < 1.29 is 14.3 Å². The molecule has 0 radical (unpaired) electrons. The Morgan fingerprint density at radius 1 is 1.63 bits per heavy atom. The highest BCUT2D eigenvalue weighted by atomic mass is 16.5. The molecule has 2 amide bonds. The molecule has 2 heterocycles. The van der Waals surface area contributed by atoms with E-state index in [1.807, 2.05) is 6.92 Å². The fourth-order valence-corrected chi connectivity index (χ4v) is 1.71. The van der Waals surface area contributed by atoms with Gasteiger partial charge in [0.25, 0.3) is 0 Å². The second-order valence-corrected chi connectivity index (χ2v) is 4.02. The van der Waals surface area contributed by atoms with Crippen molar-refractivity contribution in [3.63, 3.8) is 0 Å². The quantitative estimate of drug-likeness (QED) is 0.682. The van der Waals surface area contributed by atoms with Crippen LogP contribution in [0.15, 0.2) is 18.3 Å². The first-order valence-corrected chi connectivity index (χ1v) is 6.09. The van der Waals surface area contributed by atoms with Crippen LogP contribution < -0.4 is 20.7 Å². The van der Waals surface area contributed by atoms with Crippen LogP contribution in [0.5, 0.6) is 5.88 Å². The van der Waals surface area contributed by atoms with Gasteiger partial charge in [-0.1, -0.05) is 0 Å². The Morgan fingerprint density at radius 3 is 3.16 bits per heavy atom. The molecule has 1 aromatic rings. The molecule has 0 saturated carbocycles. The fraction of sp³-hybridized carbons (Fsp3) is 0.417. The number of carbonyl (C=O) groups excluding carboxylic acids is 2. The van der Waals surface area contributed by atoms with Crippen LogP contribution in [0, 0.1) is 0 Å². The molecule has 1 saturated heterocycles. The van der Waals surface area contributed by atoms with Crippen LogP contribution >= 0.6 is 0 Å². The molecule has 2 rings (SSSR count). The van der Waals surface area contributed by atoms with Crippen LogP contribution in [0.2, 0.25) is 0 Å².